The predicted octanol–water partition coefficient (Wildman–Crippen LogP) is 2.62. The van der Waals surface area contributed by atoms with Crippen LogP contribution in [0, 0.1) is 0 Å². The monoisotopic (exact) mass is 211 g/mol. The quantitative estimate of drug-likeness (QED) is 0.834. The number of methoxy groups -OCH3 is 1. The molecule has 0 amide bonds. The van der Waals surface area contributed by atoms with Gasteiger partial charge in [-0.25, -0.2) is 4.39 Å². The number of hydrogen-bond acceptors (Lipinski definition) is 2. The van der Waals surface area contributed by atoms with Gasteiger partial charge in [-0.2, -0.15) is 0 Å². The van der Waals surface area contributed by atoms with Crippen molar-refractivity contribution in [2.75, 3.05) is 7.11 Å². The highest BCUT2D eigenvalue weighted by molar-refractivity contribution is 5.39. The Labute approximate surface area is 90.2 Å². The number of para-hydroxylation sites is 1. The molecular weight excluding hydrogens is 193 g/mol. The van der Waals surface area contributed by atoms with Crippen molar-refractivity contribution in [3.05, 3.63) is 29.8 Å². The Hall–Kier alpha value is -1.09. The molecule has 0 radical (unpaired) electrons. The van der Waals surface area contributed by atoms with Gasteiger partial charge in [0, 0.05) is 11.1 Å². The van der Waals surface area contributed by atoms with Crippen LogP contribution in [0.4, 0.5) is 4.39 Å². The summed E-state index contributed by atoms with van der Waals surface area (Å²) < 4.78 is 19.7. The highest BCUT2D eigenvalue weighted by Crippen LogP contribution is 2.39. The van der Waals surface area contributed by atoms with Crippen LogP contribution in [-0.4, -0.2) is 12.6 Å². The largest absolute Gasteiger partial charge is 0.496 e. The number of hydrogen-bond donors (Lipinski definition) is 1. The van der Waals surface area contributed by atoms with Crippen molar-refractivity contribution in [1.82, 2.24) is 0 Å². The SMILES string of the molecule is COc1ccccc1C(C)(F)C(C)(C)N. The van der Waals surface area contributed by atoms with Gasteiger partial charge in [-0.15, -0.1) is 0 Å². The molecule has 0 saturated carbocycles. The molecule has 1 aromatic carbocycles. The summed E-state index contributed by atoms with van der Waals surface area (Å²) in [5.74, 6) is 0.529. The summed E-state index contributed by atoms with van der Waals surface area (Å²) in [6, 6.07) is 7.02. The van der Waals surface area contributed by atoms with E-state index in [9.17, 15) is 4.39 Å². The Kier molecular flexibility index (Phi) is 3.05. The fraction of sp³-hybridized carbons (Fsp3) is 0.500. The minimum atomic E-state index is -1.63. The molecule has 1 atom stereocenters. The molecule has 3 heteroatoms. The summed E-state index contributed by atoms with van der Waals surface area (Å²) in [7, 11) is 1.53. The van der Waals surface area contributed by atoms with Crippen molar-refractivity contribution in [3.63, 3.8) is 0 Å². The summed E-state index contributed by atoms with van der Waals surface area (Å²) in [6.45, 7) is 4.81. The van der Waals surface area contributed by atoms with E-state index in [1.807, 2.05) is 6.07 Å². The minimum absolute atomic E-state index is 0.486. The molecule has 0 heterocycles. The minimum Gasteiger partial charge on any atom is -0.496 e. The van der Waals surface area contributed by atoms with Crippen molar-refractivity contribution >= 4 is 0 Å². The van der Waals surface area contributed by atoms with Crippen LogP contribution >= 0.6 is 0 Å². The lowest BCUT2D eigenvalue weighted by molar-refractivity contribution is 0.0921. The second-order valence-electron chi connectivity index (χ2n) is 4.42. The fourth-order valence-corrected chi connectivity index (χ4v) is 1.38. The maximum atomic E-state index is 14.6. The number of benzene rings is 1. The van der Waals surface area contributed by atoms with Gasteiger partial charge in [-0.1, -0.05) is 18.2 Å². The van der Waals surface area contributed by atoms with Gasteiger partial charge in [-0.3, -0.25) is 0 Å². The zero-order valence-electron chi connectivity index (χ0n) is 9.67. The zero-order chi connectivity index (χ0) is 11.7. The Balaban J connectivity index is 3.26. The molecule has 2 nitrogen and oxygen atoms in total. The van der Waals surface area contributed by atoms with Crippen LogP contribution in [0.3, 0.4) is 0 Å². The molecule has 0 aliphatic carbocycles. The number of halogens is 1. The molecule has 15 heavy (non-hydrogen) atoms. The molecule has 0 saturated heterocycles. The molecule has 0 aromatic heterocycles. The van der Waals surface area contributed by atoms with Gasteiger partial charge < -0.3 is 10.5 Å². The summed E-state index contributed by atoms with van der Waals surface area (Å²) in [4.78, 5) is 0. The lowest BCUT2D eigenvalue weighted by atomic mass is 9.81. The van der Waals surface area contributed by atoms with Crippen LogP contribution < -0.4 is 10.5 Å². The van der Waals surface area contributed by atoms with Gasteiger partial charge in [0.1, 0.15) is 5.75 Å². The van der Waals surface area contributed by atoms with Crippen molar-refractivity contribution in [2.45, 2.75) is 32.0 Å². The van der Waals surface area contributed by atoms with Crippen LogP contribution in [0.5, 0.6) is 5.75 Å². The van der Waals surface area contributed by atoms with Gasteiger partial charge in [0.15, 0.2) is 5.67 Å². The highest BCUT2D eigenvalue weighted by atomic mass is 19.1. The van der Waals surface area contributed by atoms with Gasteiger partial charge in [-0.05, 0) is 26.8 Å². The van der Waals surface area contributed by atoms with Crippen LogP contribution in [-0.2, 0) is 5.67 Å². The molecule has 0 fully saturated rings. The fourth-order valence-electron chi connectivity index (χ4n) is 1.38. The van der Waals surface area contributed by atoms with E-state index >= 15 is 0 Å². The normalized spacial score (nSPS) is 15.9. The highest BCUT2D eigenvalue weighted by Gasteiger charge is 2.41. The molecule has 0 aliphatic heterocycles. The average Bonchev–Trinajstić information content (AvgIpc) is 2.16. The molecule has 0 aliphatic rings. The number of nitrogens with two attached hydrogens (primary N) is 1. The third-order valence-electron chi connectivity index (χ3n) is 2.82. The first-order valence-electron chi connectivity index (χ1n) is 4.92. The molecule has 84 valence electrons. The molecular formula is C12H18FNO. The van der Waals surface area contributed by atoms with Gasteiger partial charge in [0.25, 0.3) is 0 Å². The maximum absolute atomic E-state index is 14.6. The lowest BCUT2D eigenvalue weighted by Crippen LogP contribution is -2.49. The Morgan fingerprint density at radius 1 is 1.20 bits per heavy atom. The first-order chi connectivity index (χ1) is 6.80. The van der Waals surface area contributed by atoms with Gasteiger partial charge >= 0.3 is 0 Å². The Bertz CT molecular complexity index is 342. The lowest BCUT2D eigenvalue weighted by Gasteiger charge is -2.35. The topological polar surface area (TPSA) is 35.2 Å². The number of ether oxygens (including phenoxy) is 1. The first-order valence-corrected chi connectivity index (χ1v) is 4.92. The molecule has 0 spiro atoms. The molecule has 2 N–H and O–H groups in total. The molecule has 1 rings (SSSR count). The van der Waals surface area contributed by atoms with E-state index in [0.29, 0.717) is 11.3 Å². The number of rotatable bonds is 3. The Morgan fingerprint density at radius 2 is 1.73 bits per heavy atom. The average molecular weight is 211 g/mol. The standard InChI is InChI=1S/C12H18FNO/c1-11(2,14)12(3,13)9-7-5-6-8-10(9)15-4/h5-8H,14H2,1-4H3. The van der Waals surface area contributed by atoms with Gasteiger partial charge in [0.2, 0.25) is 0 Å². The third kappa shape index (κ3) is 2.12. The van der Waals surface area contributed by atoms with E-state index in [2.05, 4.69) is 0 Å². The van der Waals surface area contributed by atoms with E-state index < -0.39 is 11.2 Å². The summed E-state index contributed by atoms with van der Waals surface area (Å²) in [5.41, 5.74) is 3.74. The van der Waals surface area contributed by atoms with Crippen molar-refractivity contribution in [2.24, 2.45) is 5.73 Å². The summed E-state index contributed by atoms with van der Waals surface area (Å²) in [6.07, 6.45) is 0. The second kappa shape index (κ2) is 3.81. The second-order valence-corrected chi connectivity index (χ2v) is 4.42. The van der Waals surface area contributed by atoms with Gasteiger partial charge in [0.05, 0.1) is 7.11 Å². The summed E-state index contributed by atoms with van der Waals surface area (Å²) >= 11 is 0. The van der Waals surface area contributed by atoms with Crippen molar-refractivity contribution in [1.29, 1.82) is 0 Å². The van der Waals surface area contributed by atoms with Crippen LogP contribution in [0.1, 0.15) is 26.3 Å². The van der Waals surface area contributed by atoms with Crippen LogP contribution in [0.2, 0.25) is 0 Å². The maximum Gasteiger partial charge on any atom is 0.154 e. The smallest absolute Gasteiger partial charge is 0.154 e. The first kappa shape index (κ1) is 12.0. The molecule has 0 bridgehead atoms. The summed E-state index contributed by atoms with van der Waals surface area (Å²) in [5, 5.41) is 0. The van der Waals surface area contributed by atoms with E-state index in [1.54, 1.807) is 32.0 Å². The van der Waals surface area contributed by atoms with Crippen molar-refractivity contribution in [3.8, 4) is 5.75 Å². The van der Waals surface area contributed by atoms with E-state index in [0.717, 1.165) is 0 Å². The van der Waals surface area contributed by atoms with Crippen molar-refractivity contribution < 1.29 is 9.13 Å². The zero-order valence-corrected chi connectivity index (χ0v) is 9.67. The molecule has 1 aromatic rings. The molecule has 1 unspecified atom stereocenters. The third-order valence-corrected chi connectivity index (χ3v) is 2.82. The number of alkyl halides is 1. The van der Waals surface area contributed by atoms with Crippen LogP contribution in [0.15, 0.2) is 24.3 Å². The Morgan fingerprint density at radius 3 is 2.20 bits per heavy atom. The van der Waals surface area contributed by atoms with E-state index in [4.69, 9.17) is 10.5 Å². The predicted molar refractivity (Wildman–Crippen MR) is 59.7 cm³/mol. The van der Waals surface area contributed by atoms with Crippen LogP contribution in [0.25, 0.3) is 0 Å². The van der Waals surface area contributed by atoms with E-state index in [1.165, 1.54) is 14.0 Å². The van der Waals surface area contributed by atoms with E-state index in [-0.39, 0.29) is 0 Å².